The number of benzene rings is 1. The Hall–Kier alpha value is -1.21. The van der Waals surface area contributed by atoms with Crippen LogP contribution in [0, 0.1) is 23.0 Å². The van der Waals surface area contributed by atoms with Crippen molar-refractivity contribution in [3.8, 4) is 0 Å². The number of sulfonamides is 1. The highest BCUT2D eigenvalue weighted by Crippen LogP contribution is 2.51. The Morgan fingerprint density at radius 2 is 1.80 bits per heavy atom. The van der Waals surface area contributed by atoms with Gasteiger partial charge in [0, 0.05) is 12.2 Å². The van der Waals surface area contributed by atoms with E-state index < -0.39 is 26.6 Å². The first-order chi connectivity index (χ1) is 9.18. The van der Waals surface area contributed by atoms with Crippen LogP contribution in [0.2, 0.25) is 0 Å². The highest BCUT2D eigenvalue weighted by molar-refractivity contribution is 7.89. The van der Waals surface area contributed by atoms with Gasteiger partial charge in [-0.25, -0.2) is 21.9 Å². The molecule has 1 aromatic carbocycles. The van der Waals surface area contributed by atoms with Crippen molar-refractivity contribution in [2.24, 2.45) is 11.3 Å². The molecular weight excluding hydrogens is 286 g/mol. The zero-order valence-electron chi connectivity index (χ0n) is 11.4. The van der Waals surface area contributed by atoms with Crippen LogP contribution in [-0.2, 0) is 10.0 Å². The lowest BCUT2D eigenvalue weighted by atomic mass is 9.93. The van der Waals surface area contributed by atoms with Gasteiger partial charge in [-0.15, -0.1) is 0 Å². The van der Waals surface area contributed by atoms with Crippen molar-refractivity contribution in [2.75, 3.05) is 12.3 Å². The van der Waals surface area contributed by atoms with Gasteiger partial charge in [0.15, 0.2) is 4.90 Å². The molecule has 1 aliphatic rings. The van der Waals surface area contributed by atoms with Crippen molar-refractivity contribution in [3.63, 3.8) is 0 Å². The molecule has 112 valence electrons. The maximum Gasteiger partial charge on any atom is 0.246 e. The third-order valence-electron chi connectivity index (χ3n) is 4.02. The van der Waals surface area contributed by atoms with Gasteiger partial charge in [-0.3, -0.25) is 0 Å². The van der Waals surface area contributed by atoms with Crippen LogP contribution in [0.15, 0.2) is 17.0 Å². The number of anilines is 1. The molecule has 0 bridgehead atoms. The van der Waals surface area contributed by atoms with Crippen LogP contribution < -0.4 is 10.5 Å². The molecule has 0 saturated heterocycles. The number of hydrogen-bond acceptors (Lipinski definition) is 3. The van der Waals surface area contributed by atoms with E-state index in [4.69, 9.17) is 5.73 Å². The summed E-state index contributed by atoms with van der Waals surface area (Å²) in [5.41, 5.74) is 5.03. The summed E-state index contributed by atoms with van der Waals surface area (Å²) in [6.45, 7) is 4.20. The van der Waals surface area contributed by atoms with Crippen molar-refractivity contribution >= 4 is 15.7 Å². The highest BCUT2D eigenvalue weighted by Gasteiger charge is 2.46. The van der Waals surface area contributed by atoms with Gasteiger partial charge in [0.05, 0.1) is 0 Å². The molecule has 3 N–H and O–H groups in total. The summed E-state index contributed by atoms with van der Waals surface area (Å²) in [7, 11) is -4.22. The first-order valence-electron chi connectivity index (χ1n) is 6.42. The Balaban J connectivity index is 2.24. The van der Waals surface area contributed by atoms with Crippen molar-refractivity contribution < 1.29 is 17.2 Å². The van der Waals surface area contributed by atoms with E-state index in [9.17, 15) is 17.2 Å². The molecule has 1 aliphatic carbocycles. The lowest BCUT2D eigenvalue weighted by Gasteiger charge is -2.20. The molecule has 0 radical (unpaired) electrons. The molecule has 1 saturated carbocycles. The number of halogens is 2. The topological polar surface area (TPSA) is 72.2 Å². The van der Waals surface area contributed by atoms with E-state index in [0.29, 0.717) is 5.92 Å². The van der Waals surface area contributed by atoms with Gasteiger partial charge in [-0.05, 0) is 36.3 Å². The van der Waals surface area contributed by atoms with Crippen LogP contribution in [0.25, 0.3) is 0 Å². The van der Waals surface area contributed by atoms with E-state index >= 15 is 0 Å². The van der Waals surface area contributed by atoms with Gasteiger partial charge in [0.2, 0.25) is 10.0 Å². The summed E-state index contributed by atoms with van der Waals surface area (Å²) in [4.78, 5) is -0.966. The molecule has 0 heterocycles. The Bertz CT molecular complexity index is 602. The van der Waals surface area contributed by atoms with Gasteiger partial charge < -0.3 is 5.73 Å². The van der Waals surface area contributed by atoms with Gasteiger partial charge in [-0.1, -0.05) is 13.8 Å². The van der Waals surface area contributed by atoms with E-state index in [2.05, 4.69) is 4.72 Å². The van der Waals surface area contributed by atoms with Crippen LogP contribution in [0.4, 0.5) is 14.5 Å². The molecule has 0 amide bonds. The Morgan fingerprint density at radius 3 is 2.20 bits per heavy atom. The molecule has 2 rings (SSSR count). The minimum absolute atomic E-state index is 0.0895. The number of nitrogens with one attached hydrogen (secondary N) is 1. The number of nitrogens with two attached hydrogens (primary N) is 1. The maximum atomic E-state index is 13.7. The average molecular weight is 304 g/mol. The molecular formula is C13H18F2N2O2S. The first kappa shape index (κ1) is 15.2. The molecule has 0 unspecified atom stereocenters. The van der Waals surface area contributed by atoms with Crippen LogP contribution in [0.3, 0.4) is 0 Å². The number of hydrogen-bond donors (Lipinski definition) is 2. The second-order valence-electron chi connectivity index (χ2n) is 5.66. The van der Waals surface area contributed by atoms with E-state index in [-0.39, 0.29) is 17.6 Å². The van der Waals surface area contributed by atoms with E-state index in [0.717, 1.165) is 25.0 Å². The van der Waals surface area contributed by atoms with Gasteiger partial charge in [-0.2, -0.15) is 0 Å². The third-order valence-corrected chi connectivity index (χ3v) is 5.47. The molecule has 0 aliphatic heterocycles. The SMILES string of the molecule is CC(C)C1(CNS(=O)(=O)c2c(F)cc(N)cc2F)CC1. The van der Waals surface area contributed by atoms with Crippen LogP contribution >= 0.6 is 0 Å². The zero-order valence-corrected chi connectivity index (χ0v) is 12.2. The summed E-state index contributed by atoms with van der Waals surface area (Å²) in [6.07, 6.45) is 1.83. The predicted octanol–water partition coefficient (Wildman–Crippen LogP) is 2.26. The fourth-order valence-corrected chi connectivity index (χ4v) is 3.52. The summed E-state index contributed by atoms with van der Waals surface area (Å²) >= 11 is 0. The zero-order chi connectivity index (χ0) is 15.1. The molecule has 1 aromatic rings. The molecule has 20 heavy (non-hydrogen) atoms. The Labute approximate surface area is 117 Å². The van der Waals surface area contributed by atoms with Crippen molar-refractivity contribution in [1.29, 1.82) is 0 Å². The molecule has 0 atom stereocenters. The van der Waals surface area contributed by atoms with E-state index in [1.807, 2.05) is 13.8 Å². The largest absolute Gasteiger partial charge is 0.399 e. The van der Waals surface area contributed by atoms with Gasteiger partial charge >= 0.3 is 0 Å². The highest BCUT2D eigenvalue weighted by atomic mass is 32.2. The van der Waals surface area contributed by atoms with E-state index in [1.165, 1.54) is 0 Å². The summed E-state index contributed by atoms with van der Waals surface area (Å²) in [6, 6.07) is 1.60. The first-order valence-corrected chi connectivity index (χ1v) is 7.90. The second-order valence-corrected chi connectivity index (χ2v) is 7.36. The van der Waals surface area contributed by atoms with Crippen molar-refractivity contribution in [3.05, 3.63) is 23.8 Å². The predicted molar refractivity (Wildman–Crippen MR) is 72.5 cm³/mol. The second kappa shape index (κ2) is 4.96. The van der Waals surface area contributed by atoms with Crippen molar-refractivity contribution in [1.82, 2.24) is 4.72 Å². The van der Waals surface area contributed by atoms with Crippen LogP contribution in [-0.4, -0.2) is 15.0 Å². The fourth-order valence-electron chi connectivity index (χ4n) is 2.27. The molecule has 1 fully saturated rings. The molecule has 0 aromatic heterocycles. The minimum Gasteiger partial charge on any atom is -0.399 e. The lowest BCUT2D eigenvalue weighted by Crippen LogP contribution is -2.33. The van der Waals surface area contributed by atoms with Crippen molar-refractivity contribution in [2.45, 2.75) is 31.6 Å². The number of nitrogen functional groups attached to an aromatic ring is 1. The summed E-state index contributed by atoms with van der Waals surface area (Å²) in [5, 5.41) is 0. The smallest absolute Gasteiger partial charge is 0.246 e. The molecule has 0 spiro atoms. The summed E-state index contributed by atoms with van der Waals surface area (Å²) < 4.78 is 53.7. The average Bonchev–Trinajstić information content (AvgIpc) is 3.05. The van der Waals surface area contributed by atoms with Crippen LogP contribution in [0.5, 0.6) is 0 Å². The lowest BCUT2D eigenvalue weighted by molar-refractivity contribution is 0.357. The molecule has 4 nitrogen and oxygen atoms in total. The normalized spacial score (nSPS) is 17.4. The standard InChI is InChI=1S/C13H18F2N2O2S/c1-8(2)13(3-4-13)7-17-20(18,19)12-10(14)5-9(16)6-11(12)15/h5-6,8,17H,3-4,7,16H2,1-2H3. The van der Waals surface area contributed by atoms with E-state index in [1.54, 1.807) is 0 Å². The molecule has 7 heteroatoms. The Morgan fingerprint density at radius 1 is 1.30 bits per heavy atom. The minimum atomic E-state index is -4.22. The fraction of sp³-hybridized carbons (Fsp3) is 0.538. The third kappa shape index (κ3) is 2.78. The number of rotatable bonds is 5. The van der Waals surface area contributed by atoms with Gasteiger partial charge in [0.25, 0.3) is 0 Å². The quantitative estimate of drug-likeness (QED) is 0.820. The Kier molecular flexibility index (Phi) is 3.77. The van der Waals surface area contributed by atoms with Gasteiger partial charge in [0.1, 0.15) is 11.6 Å². The monoisotopic (exact) mass is 304 g/mol. The summed E-state index contributed by atoms with van der Waals surface area (Å²) in [5.74, 6) is -2.04. The van der Waals surface area contributed by atoms with Crippen LogP contribution in [0.1, 0.15) is 26.7 Å². The maximum absolute atomic E-state index is 13.7.